The first-order valence-corrected chi connectivity index (χ1v) is 8.48. The van der Waals surface area contributed by atoms with Gasteiger partial charge in [-0.3, -0.25) is 9.05 Å². The van der Waals surface area contributed by atoms with Crippen molar-refractivity contribution in [3.8, 4) is 0 Å². The van der Waals surface area contributed by atoms with Gasteiger partial charge in [-0.05, 0) is 6.42 Å². The van der Waals surface area contributed by atoms with Crippen molar-refractivity contribution in [3.05, 3.63) is 0 Å². The zero-order valence-corrected chi connectivity index (χ0v) is 12.9. The van der Waals surface area contributed by atoms with Gasteiger partial charge in [-0.25, -0.2) is 9.13 Å². The zero-order valence-electron chi connectivity index (χ0n) is 11.1. The van der Waals surface area contributed by atoms with E-state index < -0.39 is 47.3 Å². The third kappa shape index (κ3) is 14.8. The Morgan fingerprint density at radius 1 is 0.952 bits per heavy atom. The van der Waals surface area contributed by atoms with Crippen LogP contribution in [0, 0.1) is 0 Å². The largest absolute Gasteiger partial charge is 0.471 e. The molecule has 0 aromatic heterocycles. The quantitative estimate of drug-likeness (QED) is 0.168. The number of hydrogen-bond acceptors (Lipinski definition) is 8. The maximum atomic E-state index is 10.2. The summed E-state index contributed by atoms with van der Waals surface area (Å²) in [7, 11) is -9.59. The molecule has 0 bridgehead atoms. The van der Waals surface area contributed by atoms with Crippen LogP contribution in [0.25, 0.3) is 0 Å². The number of phosphoric acid groups is 2. The molecule has 0 atom stereocenters. The van der Waals surface area contributed by atoms with Gasteiger partial charge in [-0.2, -0.15) is 0 Å². The lowest BCUT2D eigenvalue weighted by molar-refractivity contribution is -0.0347. The summed E-state index contributed by atoms with van der Waals surface area (Å²) in [6.45, 7) is 0.177. The second kappa shape index (κ2) is 9.95. The first-order valence-electron chi connectivity index (χ1n) is 5.42. The fourth-order valence-corrected chi connectivity index (χ4v) is 1.69. The van der Waals surface area contributed by atoms with Crippen LogP contribution >= 0.6 is 15.6 Å². The molecule has 0 aromatic rings. The predicted molar refractivity (Wildman–Crippen MR) is 68.5 cm³/mol. The van der Waals surface area contributed by atoms with Crippen molar-refractivity contribution in [2.24, 2.45) is 5.73 Å². The SMILES string of the molecule is CCC(OP(=O)(O)O)OP(=O)(O)O.NC(CO)(CO)CO. The van der Waals surface area contributed by atoms with Gasteiger partial charge in [0, 0.05) is 0 Å². The predicted octanol–water partition coefficient (Wildman–Crippen LogP) is -2.40. The minimum Gasteiger partial charge on any atom is -0.394 e. The van der Waals surface area contributed by atoms with Crippen LogP contribution in [0.3, 0.4) is 0 Å². The van der Waals surface area contributed by atoms with E-state index in [4.69, 9.17) is 40.6 Å². The molecule has 14 heteroatoms. The van der Waals surface area contributed by atoms with Crippen LogP contribution in [-0.2, 0) is 18.2 Å². The Labute approximate surface area is 120 Å². The van der Waals surface area contributed by atoms with Crippen molar-refractivity contribution in [2.75, 3.05) is 19.8 Å². The van der Waals surface area contributed by atoms with Crippen molar-refractivity contribution in [3.63, 3.8) is 0 Å². The Bertz CT molecular complexity index is 329. The molecule has 0 amide bonds. The van der Waals surface area contributed by atoms with Gasteiger partial charge in [0.15, 0.2) is 6.29 Å². The molecule has 0 rings (SSSR count). The molecule has 0 heterocycles. The Hall–Kier alpha value is 0.0600. The third-order valence-electron chi connectivity index (χ3n) is 1.79. The third-order valence-corrected chi connectivity index (χ3v) is 2.81. The summed E-state index contributed by atoms with van der Waals surface area (Å²) in [5.74, 6) is 0. The number of hydrogen-bond donors (Lipinski definition) is 8. The number of phosphoric ester groups is 2. The fourth-order valence-electron chi connectivity index (χ4n) is 0.625. The van der Waals surface area contributed by atoms with E-state index in [9.17, 15) is 9.13 Å². The summed E-state index contributed by atoms with van der Waals surface area (Å²) in [5, 5.41) is 25.0. The molecule has 12 nitrogen and oxygen atoms in total. The van der Waals surface area contributed by atoms with Gasteiger partial charge in [-0.1, -0.05) is 6.92 Å². The average Bonchev–Trinajstić information content (AvgIpc) is 2.34. The lowest BCUT2D eigenvalue weighted by Crippen LogP contribution is -2.50. The lowest BCUT2D eigenvalue weighted by Gasteiger charge is -2.20. The van der Waals surface area contributed by atoms with Crippen LogP contribution in [-0.4, -0.2) is 66.5 Å². The molecule has 0 aromatic carbocycles. The zero-order chi connectivity index (χ0) is 17.3. The highest BCUT2D eigenvalue weighted by molar-refractivity contribution is 7.47. The molecule has 0 aliphatic rings. The molecule has 0 radical (unpaired) electrons. The van der Waals surface area contributed by atoms with Gasteiger partial charge in [0.25, 0.3) is 0 Å². The standard InChI is InChI=1S/C4H11NO3.C3H10O8P2/c5-4(1-6,2-7)3-8;1-2-3(10-12(4,5)6)11-13(7,8)9/h6-8H,1-3,5H2;3H,2H2,1H3,(H2,4,5,6)(H2,7,8,9). The lowest BCUT2D eigenvalue weighted by atomic mass is 10.1. The maximum absolute atomic E-state index is 10.2. The van der Waals surface area contributed by atoms with E-state index in [1.165, 1.54) is 6.92 Å². The molecule has 0 saturated heterocycles. The van der Waals surface area contributed by atoms with Crippen LogP contribution in [0.4, 0.5) is 0 Å². The van der Waals surface area contributed by atoms with E-state index in [1.54, 1.807) is 0 Å². The minimum absolute atomic E-state index is 0.101. The molecule has 21 heavy (non-hydrogen) atoms. The van der Waals surface area contributed by atoms with E-state index in [2.05, 4.69) is 9.05 Å². The molecule has 0 unspecified atom stereocenters. The average molecular weight is 357 g/mol. The summed E-state index contributed by atoms with van der Waals surface area (Å²) >= 11 is 0. The van der Waals surface area contributed by atoms with Crippen LogP contribution in [0.2, 0.25) is 0 Å². The van der Waals surface area contributed by atoms with Crippen molar-refractivity contribution in [1.29, 1.82) is 0 Å². The topological polar surface area (TPSA) is 220 Å². The molecular weight excluding hydrogens is 336 g/mol. The summed E-state index contributed by atoms with van der Waals surface area (Å²) in [6.07, 6.45) is -1.72. The van der Waals surface area contributed by atoms with Crippen LogP contribution in [0.15, 0.2) is 0 Å². The molecule has 0 fully saturated rings. The monoisotopic (exact) mass is 357 g/mol. The summed E-state index contributed by atoms with van der Waals surface area (Å²) in [5.41, 5.74) is 3.94. The van der Waals surface area contributed by atoms with Crippen molar-refractivity contribution >= 4 is 15.6 Å². The van der Waals surface area contributed by atoms with Crippen molar-refractivity contribution in [1.82, 2.24) is 0 Å². The van der Waals surface area contributed by atoms with Crippen LogP contribution in [0.5, 0.6) is 0 Å². The molecule has 130 valence electrons. The van der Waals surface area contributed by atoms with Gasteiger partial charge in [-0.15, -0.1) is 0 Å². The van der Waals surface area contributed by atoms with Gasteiger partial charge in [0.1, 0.15) is 0 Å². The first-order chi connectivity index (χ1) is 9.32. The minimum atomic E-state index is -4.79. The van der Waals surface area contributed by atoms with Gasteiger partial charge in [0.2, 0.25) is 0 Å². The molecular formula is C7H21NO11P2. The highest BCUT2D eigenvalue weighted by Gasteiger charge is 2.27. The summed E-state index contributed by atoms with van der Waals surface area (Å²) in [6, 6.07) is 0. The summed E-state index contributed by atoms with van der Waals surface area (Å²) < 4.78 is 28.3. The maximum Gasteiger partial charge on any atom is 0.471 e. The van der Waals surface area contributed by atoms with Gasteiger partial charge >= 0.3 is 15.6 Å². The smallest absolute Gasteiger partial charge is 0.394 e. The van der Waals surface area contributed by atoms with E-state index in [0.717, 1.165) is 0 Å². The second-order valence-corrected chi connectivity index (χ2v) is 6.25. The summed E-state index contributed by atoms with van der Waals surface area (Å²) in [4.78, 5) is 33.1. The Kier molecular flexibility index (Phi) is 11.1. The molecule has 9 N–H and O–H groups in total. The van der Waals surface area contributed by atoms with Gasteiger partial charge < -0.3 is 40.6 Å². The van der Waals surface area contributed by atoms with Crippen LogP contribution < -0.4 is 5.73 Å². The second-order valence-electron chi connectivity index (χ2n) is 3.87. The number of aliphatic hydroxyl groups is 3. The Morgan fingerprint density at radius 3 is 1.33 bits per heavy atom. The highest BCUT2D eigenvalue weighted by Crippen LogP contribution is 2.44. The van der Waals surface area contributed by atoms with Crippen molar-refractivity contribution < 1.29 is 53.1 Å². The number of rotatable bonds is 8. The molecule has 0 aliphatic carbocycles. The van der Waals surface area contributed by atoms with Crippen LogP contribution in [0.1, 0.15) is 13.3 Å². The normalized spacial score (nSPS) is 13.0. The molecule has 0 spiro atoms. The Balaban J connectivity index is 0. The molecule has 0 saturated carbocycles. The van der Waals surface area contributed by atoms with E-state index in [1.807, 2.05) is 0 Å². The van der Waals surface area contributed by atoms with E-state index in [-0.39, 0.29) is 6.42 Å². The number of aliphatic hydroxyl groups excluding tert-OH is 3. The first kappa shape index (κ1) is 23.3. The van der Waals surface area contributed by atoms with Crippen molar-refractivity contribution in [2.45, 2.75) is 25.2 Å². The number of nitrogens with two attached hydrogens (primary N) is 1. The Morgan fingerprint density at radius 2 is 1.24 bits per heavy atom. The highest BCUT2D eigenvalue weighted by atomic mass is 31.2. The van der Waals surface area contributed by atoms with E-state index >= 15 is 0 Å². The van der Waals surface area contributed by atoms with E-state index in [0.29, 0.717) is 0 Å². The fraction of sp³-hybridized carbons (Fsp3) is 1.00. The molecule has 0 aliphatic heterocycles. The van der Waals surface area contributed by atoms with Gasteiger partial charge in [0.05, 0.1) is 25.4 Å².